The quantitative estimate of drug-likeness (QED) is 0.575. The minimum atomic E-state index is -1.00. The third kappa shape index (κ3) is 6.37. The molecule has 0 aromatic rings. The number of amides is 1. The van der Waals surface area contributed by atoms with E-state index in [1.165, 1.54) is 0 Å². The highest BCUT2D eigenvalue weighted by molar-refractivity contribution is 5.82. The Labute approximate surface area is 122 Å². The summed E-state index contributed by atoms with van der Waals surface area (Å²) < 4.78 is 0. The van der Waals surface area contributed by atoms with Crippen molar-refractivity contribution in [1.29, 1.82) is 0 Å². The van der Waals surface area contributed by atoms with Crippen LogP contribution in [0.5, 0.6) is 0 Å². The SMILES string of the molecule is CCC(CC)(NCC(=O)NC(C)CCC(C)C)C(=O)O. The summed E-state index contributed by atoms with van der Waals surface area (Å²) >= 11 is 0. The molecule has 3 N–H and O–H groups in total. The van der Waals surface area contributed by atoms with Crippen molar-refractivity contribution >= 4 is 11.9 Å². The van der Waals surface area contributed by atoms with Crippen molar-refractivity contribution < 1.29 is 14.7 Å². The summed E-state index contributed by atoms with van der Waals surface area (Å²) in [7, 11) is 0. The predicted molar refractivity (Wildman–Crippen MR) is 80.6 cm³/mol. The van der Waals surface area contributed by atoms with Gasteiger partial charge < -0.3 is 10.4 Å². The standard InChI is InChI=1S/C15H30N2O3/c1-6-15(7-2,14(19)20)16-10-13(18)17-12(5)9-8-11(3)4/h11-12,16H,6-10H2,1-5H3,(H,17,18)(H,19,20). The molecule has 1 unspecified atom stereocenters. The molecular formula is C15H30N2O3. The molecule has 1 amide bonds. The fourth-order valence-electron chi connectivity index (χ4n) is 2.11. The summed E-state index contributed by atoms with van der Waals surface area (Å²) in [6.45, 7) is 9.95. The van der Waals surface area contributed by atoms with Gasteiger partial charge in [0.25, 0.3) is 0 Å². The summed E-state index contributed by atoms with van der Waals surface area (Å²) in [4.78, 5) is 23.1. The van der Waals surface area contributed by atoms with Gasteiger partial charge in [0.15, 0.2) is 0 Å². The van der Waals surface area contributed by atoms with Gasteiger partial charge in [0.05, 0.1) is 6.54 Å². The first-order valence-electron chi connectivity index (χ1n) is 7.55. The first-order chi connectivity index (χ1) is 9.27. The number of aliphatic carboxylic acids is 1. The molecule has 5 nitrogen and oxygen atoms in total. The average Bonchev–Trinajstić information content (AvgIpc) is 2.37. The van der Waals surface area contributed by atoms with E-state index in [1.807, 2.05) is 20.8 Å². The second-order valence-electron chi connectivity index (χ2n) is 5.89. The fraction of sp³-hybridized carbons (Fsp3) is 0.867. The average molecular weight is 286 g/mol. The van der Waals surface area contributed by atoms with Crippen LogP contribution in [0.2, 0.25) is 0 Å². The molecule has 0 saturated carbocycles. The van der Waals surface area contributed by atoms with Crippen molar-refractivity contribution in [3.63, 3.8) is 0 Å². The Bertz CT molecular complexity index is 312. The van der Waals surface area contributed by atoms with E-state index in [2.05, 4.69) is 24.5 Å². The molecule has 0 aromatic heterocycles. The second kappa shape index (κ2) is 8.95. The van der Waals surface area contributed by atoms with Crippen LogP contribution in [0.4, 0.5) is 0 Å². The number of rotatable bonds is 10. The van der Waals surface area contributed by atoms with Gasteiger partial charge in [-0.2, -0.15) is 0 Å². The lowest BCUT2D eigenvalue weighted by Gasteiger charge is -2.28. The number of carboxylic acid groups (broad SMARTS) is 1. The van der Waals surface area contributed by atoms with Gasteiger partial charge in [-0.25, -0.2) is 0 Å². The van der Waals surface area contributed by atoms with Gasteiger partial charge in [-0.15, -0.1) is 0 Å². The topological polar surface area (TPSA) is 78.4 Å². The number of carboxylic acids is 1. The van der Waals surface area contributed by atoms with Gasteiger partial charge in [0.1, 0.15) is 5.54 Å². The number of nitrogens with one attached hydrogen (secondary N) is 2. The van der Waals surface area contributed by atoms with Gasteiger partial charge >= 0.3 is 5.97 Å². The zero-order valence-electron chi connectivity index (χ0n) is 13.5. The van der Waals surface area contributed by atoms with Crippen molar-refractivity contribution in [3.8, 4) is 0 Å². The second-order valence-corrected chi connectivity index (χ2v) is 5.89. The van der Waals surface area contributed by atoms with Crippen LogP contribution in [0.25, 0.3) is 0 Å². The summed E-state index contributed by atoms with van der Waals surface area (Å²) in [6, 6.07) is 0.120. The molecule has 0 aliphatic carbocycles. The highest BCUT2D eigenvalue weighted by atomic mass is 16.4. The Morgan fingerprint density at radius 1 is 1.10 bits per heavy atom. The summed E-state index contributed by atoms with van der Waals surface area (Å²) in [6.07, 6.45) is 2.91. The van der Waals surface area contributed by atoms with Crippen LogP contribution in [-0.4, -0.2) is 35.1 Å². The Morgan fingerprint density at radius 3 is 2.05 bits per heavy atom. The van der Waals surface area contributed by atoms with Crippen molar-refractivity contribution in [2.24, 2.45) is 5.92 Å². The lowest BCUT2D eigenvalue weighted by atomic mass is 9.93. The van der Waals surface area contributed by atoms with Gasteiger partial charge in [0.2, 0.25) is 5.91 Å². The van der Waals surface area contributed by atoms with Gasteiger partial charge in [-0.05, 0) is 38.5 Å². The molecule has 0 fully saturated rings. The summed E-state index contributed by atoms with van der Waals surface area (Å²) in [5, 5.41) is 15.1. The van der Waals surface area contributed by atoms with Crippen LogP contribution < -0.4 is 10.6 Å². The minimum Gasteiger partial charge on any atom is -0.480 e. The monoisotopic (exact) mass is 286 g/mol. The van der Waals surface area contributed by atoms with Gasteiger partial charge in [0, 0.05) is 6.04 Å². The van der Waals surface area contributed by atoms with Crippen molar-refractivity contribution in [1.82, 2.24) is 10.6 Å². The number of carbonyl (C=O) groups excluding carboxylic acids is 1. The van der Waals surface area contributed by atoms with Crippen LogP contribution in [0.15, 0.2) is 0 Å². The Hall–Kier alpha value is -1.10. The van der Waals surface area contributed by atoms with Crippen LogP contribution in [-0.2, 0) is 9.59 Å². The highest BCUT2D eigenvalue weighted by Crippen LogP contribution is 2.14. The fourth-order valence-corrected chi connectivity index (χ4v) is 2.11. The first-order valence-corrected chi connectivity index (χ1v) is 7.55. The molecule has 0 saturated heterocycles. The number of hydrogen-bond donors (Lipinski definition) is 3. The minimum absolute atomic E-state index is 0.0417. The molecule has 0 radical (unpaired) electrons. The number of carbonyl (C=O) groups is 2. The van der Waals surface area contributed by atoms with E-state index in [9.17, 15) is 14.7 Å². The molecule has 0 spiro atoms. The lowest BCUT2D eigenvalue weighted by molar-refractivity contribution is -0.145. The van der Waals surface area contributed by atoms with E-state index in [0.717, 1.165) is 12.8 Å². The zero-order valence-corrected chi connectivity index (χ0v) is 13.5. The van der Waals surface area contributed by atoms with E-state index < -0.39 is 11.5 Å². The third-order valence-corrected chi connectivity index (χ3v) is 3.79. The predicted octanol–water partition coefficient (Wildman–Crippen LogP) is 2.16. The third-order valence-electron chi connectivity index (χ3n) is 3.79. The maximum atomic E-state index is 11.8. The van der Waals surface area contributed by atoms with Crippen molar-refractivity contribution in [2.45, 2.75) is 71.9 Å². The van der Waals surface area contributed by atoms with Gasteiger partial charge in [-0.1, -0.05) is 27.7 Å². The molecule has 20 heavy (non-hydrogen) atoms. The molecule has 5 heteroatoms. The molecule has 118 valence electrons. The molecule has 1 atom stereocenters. The molecule has 0 aliphatic rings. The summed E-state index contributed by atoms with van der Waals surface area (Å²) in [5.74, 6) is -0.427. The van der Waals surface area contributed by atoms with Crippen LogP contribution in [0.3, 0.4) is 0 Å². The van der Waals surface area contributed by atoms with Crippen molar-refractivity contribution in [2.75, 3.05) is 6.54 Å². The molecular weight excluding hydrogens is 256 g/mol. The van der Waals surface area contributed by atoms with Gasteiger partial charge in [-0.3, -0.25) is 14.9 Å². The van der Waals surface area contributed by atoms with Crippen LogP contribution in [0.1, 0.15) is 60.3 Å². The maximum absolute atomic E-state index is 11.8. The van der Waals surface area contributed by atoms with Crippen LogP contribution in [0, 0.1) is 5.92 Å². The highest BCUT2D eigenvalue weighted by Gasteiger charge is 2.34. The van der Waals surface area contributed by atoms with E-state index in [0.29, 0.717) is 18.8 Å². The normalized spacial score (nSPS) is 13.3. The van der Waals surface area contributed by atoms with E-state index in [1.54, 1.807) is 0 Å². The zero-order chi connectivity index (χ0) is 15.8. The summed E-state index contributed by atoms with van der Waals surface area (Å²) in [5.41, 5.74) is -1.00. The van der Waals surface area contributed by atoms with E-state index in [-0.39, 0.29) is 18.5 Å². The Balaban J connectivity index is 4.23. The molecule has 0 bridgehead atoms. The Kier molecular flexibility index (Phi) is 8.46. The molecule has 0 heterocycles. The molecule has 0 aromatic carbocycles. The largest absolute Gasteiger partial charge is 0.480 e. The lowest BCUT2D eigenvalue weighted by Crippen LogP contribution is -2.54. The molecule has 0 rings (SSSR count). The Morgan fingerprint density at radius 2 is 1.65 bits per heavy atom. The maximum Gasteiger partial charge on any atom is 0.323 e. The smallest absolute Gasteiger partial charge is 0.323 e. The van der Waals surface area contributed by atoms with E-state index >= 15 is 0 Å². The number of hydrogen-bond acceptors (Lipinski definition) is 3. The first kappa shape index (κ1) is 18.9. The molecule has 0 aliphatic heterocycles. The van der Waals surface area contributed by atoms with E-state index in [4.69, 9.17) is 0 Å². The van der Waals surface area contributed by atoms with Crippen LogP contribution >= 0.6 is 0 Å². The van der Waals surface area contributed by atoms with Crippen molar-refractivity contribution in [3.05, 3.63) is 0 Å².